The fraction of sp³-hybridized carbons (Fsp3) is 0.0714. The van der Waals surface area contributed by atoms with Crippen LogP contribution in [0.2, 0.25) is 0 Å². The number of phenolic OH excluding ortho intramolecular Hbond substituents is 1. The summed E-state index contributed by atoms with van der Waals surface area (Å²) in [7, 11) is 0. The van der Waals surface area contributed by atoms with Crippen LogP contribution in [0.15, 0.2) is 101 Å². The Hall–Kier alpha value is -5.39. The lowest BCUT2D eigenvalue weighted by Gasteiger charge is -2.13. The average Bonchev–Trinajstić information content (AvgIpc) is 2.94. The van der Waals surface area contributed by atoms with Crippen molar-refractivity contribution in [3.63, 3.8) is 0 Å². The molecule has 3 aromatic carbocycles. The first-order chi connectivity index (χ1) is 19.3. The number of aromatic nitrogens is 3. The normalized spacial score (nSPS) is 11.6. The van der Waals surface area contributed by atoms with Crippen LogP contribution in [0.1, 0.15) is 11.1 Å². The van der Waals surface area contributed by atoms with E-state index in [4.69, 9.17) is 4.74 Å². The molecule has 0 amide bonds. The van der Waals surface area contributed by atoms with E-state index in [9.17, 15) is 23.1 Å². The number of hydrogen-bond acceptors (Lipinski definition) is 8. The van der Waals surface area contributed by atoms with Gasteiger partial charge in [-0.05, 0) is 54.1 Å². The molecule has 40 heavy (non-hydrogen) atoms. The Balaban J connectivity index is 1.37. The van der Waals surface area contributed by atoms with Crippen LogP contribution in [0.4, 0.5) is 19.0 Å². The predicted molar refractivity (Wildman–Crippen MR) is 142 cm³/mol. The fourth-order valence-electron chi connectivity index (χ4n) is 3.75. The van der Waals surface area contributed by atoms with Crippen molar-refractivity contribution in [2.24, 2.45) is 5.10 Å². The van der Waals surface area contributed by atoms with Crippen LogP contribution in [-0.2, 0) is 6.61 Å². The van der Waals surface area contributed by atoms with Gasteiger partial charge >= 0.3 is 11.9 Å². The summed E-state index contributed by atoms with van der Waals surface area (Å²) in [6.45, 7) is 0.335. The van der Waals surface area contributed by atoms with Crippen LogP contribution in [0.5, 0.6) is 17.2 Å². The zero-order valence-corrected chi connectivity index (χ0v) is 20.5. The van der Waals surface area contributed by atoms with Crippen molar-refractivity contribution in [1.82, 2.24) is 14.5 Å². The lowest BCUT2D eigenvalue weighted by molar-refractivity contribution is -0.274. The van der Waals surface area contributed by atoms with Gasteiger partial charge in [0.1, 0.15) is 29.4 Å². The van der Waals surface area contributed by atoms with Crippen molar-refractivity contribution in [3.8, 4) is 22.9 Å². The second kappa shape index (κ2) is 11.2. The van der Waals surface area contributed by atoms with Gasteiger partial charge in [-0.3, -0.25) is 14.8 Å². The first-order valence-corrected chi connectivity index (χ1v) is 11.8. The fourth-order valence-corrected chi connectivity index (χ4v) is 3.75. The van der Waals surface area contributed by atoms with Gasteiger partial charge in [0.15, 0.2) is 5.65 Å². The van der Waals surface area contributed by atoms with Crippen LogP contribution in [-0.4, -0.2) is 32.2 Å². The maximum atomic E-state index is 13.3. The van der Waals surface area contributed by atoms with Crippen LogP contribution >= 0.6 is 0 Å². The molecule has 0 aliphatic rings. The summed E-state index contributed by atoms with van der Waals surface area (Å²) in [4.78, 5) is 21.8. The van der Waals surface area contributed by atoms with Gasteiger partial charge < -0.3 is 14.6 Å². The van der Waals surface area contributed by atoms with Crippen LogP contribution in [0, 0.1) is 0 Å². The van der Waals surface area contributed by atoms with E-state index in [2.05, 4.69) is 25.2 Å². The third-order valence-electron chi connectivity index (χ3n) is 5.57. The molecule has 0 aliphatic heterocycles. The van der Waals surface area contributed by atoms with Crippen LogP contribution in [0.25, 0.3) is 16.9 Å². The average molecular weight is 547 g/mol. The summed E-state index contributed by atoms with van der Waals surface area (Å²) < 4.78 is 48.4. The molecule has 5 aromatic rings. The molecule has 0 spiro atoms. The number of halogens is 3. The Labute approximate surface area is 224 Å². The van der Waals surface area contributed by atoms with Crippen molar-refractivity contribution >= 4 is 23.2 Å². The van der Waals surface area contributed by atoms with Crippen molar-refractivity contribution in [3.05, 3.63) is 113 Å². The highest BCUT2D eigenvalue weighted by molar-refractivity contribution is 5.84. The van der Waals surface area contributed by atoms with Gasteiger partial charge in [-0.2, -0.15) is 5.10 Å². The molecule has 0 unspecified atom stereocenters. The minimum atomic E-state index is -4.84. The molecule has 202 valence electrons. The van der Waals surface area contributed by atoms with Gasteiger partial charge in [0.2, 0.25) is 5.82 Å². The zero-order valence-electron chi connectivity index (χ0n) is 20.5. The Morgan fingerprint density at radius 3 is 2.45 bits per heavy atom. The van der Waals surface area contributed by atoms with Crippen molar-refractivity contribution in [1.29, 1.82) is 0 Å². The number of nitrogens with one attached hydrogen (secondary N) is 1. The molecule has 2 heterocycles. The third kappa shape index (κ3) is 6.18. The number of alkyl halides is 3. The van der Waals surface area contributed by atoms with E-state index in [-0.39, 0.29) is 22.9 Å². The van der Waals surface area contributed by atoms with Gasteiger partial charge in [0.05, 0.1) is 11.9 Å². The molecule has 0 atom stereocenters. The molecule has 0 fully saturated rings. The number of ether oxygens (including phenoxy) is 2. The van der Waals surface area contributed by atoms with Gasteiger partial charge in [-0.1, -0.05) is 30.3 Å². The summed E-state index contributed by atoms with van der Waals surface area (Å²) >= 11 is 0. The van der Waals surface area contributed by atoms with E-state index in [0.29, 0.717) is 23.4 Å². The highest BCUT2D eigenvalue weighted by Gasteiger charge is 2.31. The molecule has 0 saturated heterocycles. The number of pyridine rings is 1. The Morgan fingerprint density at radius 1 is 0.975 bits per heavy atom. The highest BCUT2D eigenvalue weighted by atomic mass is 19.4. The number of hydrogen-bond donors (Lipinski definition) is 2. The predicted octanol–water partition coefficient (Wildman–Crippen LogP) is 5.41. The Morgan fingerprint density at radius 2 is 1.73 bits per heavy atom. The van der Waals surface area contributed by atoms with Gasteiger partial charge in [0, 0.05) is 17.8 Å². The number of nitrogens with zero attached hydrogens (tertiary/aromatic N) is 4. The number of anilines is 1. The molecule has 0 aliphatic carbocycles. The molecule has 5 rings (SSSR count). The smallest absolute Gasteiger partial charge is 0.507 e. The minimum Gasteiger partial charge on any atom is -0.507 e. The number of rotatable bonds is 8. The molecule has 0 radical (unpaired) electrons. The maximum absolute atomic E-state index is 13.3. The number of phenols is 1. The first kappa shape index (κ1) is 26.2. The molecule has 2 N–H and O–H groups in total. The quantitative estimate of drug-likeness (QED) is 0.197. The second-order valence-electron chi connectivity index (χ2n) is 8.35. The standard InChI is InChI=1S/C28H20F3N5O4/c29-28(30,31)40-21-12-9-20(10-13-21)36-26-23(7-4-14-32-26)34-25(27(36)38)35-33-16-19-8-11-22(15-24(19)37)39-17-18-5-2-1-3-6-18/h1-16,37H,17H2,(H,34,35)/b33-16+. The number of fused-ring (bicyclic) bond motifs is 1. The van der Waals surface area contributed by atoms with Crippen molar-refractivity contribution in [2.75, 3.05) is 5.43 Å². The summed E-state index contributed by atoms with van der Waals surface area (Å²) in [5, 5.41) is 14.4. The van der Waals surface area contributed by atoms with E-state index >= 15 is 0 Å². The van der Waals surface area contributed by atoms with E-state index in [1.807, 2.05) is 30.3 Å². The van der Waals surface area contributed by atoms with E-state index in [1.54, 1.807) is 24.3 Å². The number of hydrazone groups is 1. The SMILES string of the molecule is O=c1c(N/N=C/c2ccc(OCc3ccccc3)cc2O)nc2cccnc2n1-c1ccc(OC(F)(F)F)cc1. The van der Waals surface area contributed by atoms with E-state index < -0.39 is 17.7 Å². The molecular formula is C28H20F3N5O4. The molecule has 12 heteroatoms. The first-order valence-electron chi connectivity index (χ1n) is 11.8. The van der Waals surface area contributed by atoms with Crippen LogP contribution in [0.3, 0.4) is 0 Å². The third-order valence-corrected chi connectivity index (χ3v) is 5.57. The Kier molecular flexibility index (Phi) is 7.31. The zero-order chi connectivity index (χ0) is 28.1. The molecular weight excluding hydrogens is 527 g/mol. The molecule has 9 nitrogen and oxygen atoms in total. The molecule has 0 saturated carbocycles. The molecule has 2 aromatic heterocycles. The second-order valence-corrected chi connectivity index (χ2v) is 8.35. The number of benzene rings is 3. The van der Waals surface area contributed by atoms with Crippen molar-refractivity contribution in [2.45, 2.75) is 13.0 Å². The topological polar surface area (TPSA) is 111 Å². The lowest BCUT2D eigenvalue weighted by atomic mass is 10.2. The van der Waals surface area contributed by atoms with Gasteiger partial charge in [0.25, 0.3) is 0 Å². The van der Waals surface area contributed by atoms with E-state index in [1.165, 1.54) is 35.2 Å². The summed E-state index contributed by atoms with van der Waals surface area (Å²) in [5.41, 5.74) is 4.01. The lowest BCUT2D eigenvalue weighted by Crippen LogP contribution is -2.24. The van der Waals surface area contributed by atoms with Gasteiger partial charge in [-0.25, -0.2) is 9.97 Å². The summed E-state index contributed by atoms with van der Waals surface area (Å²) in [6.07, 6.45) is -2.08. The van der Waals surface area contributed by atoms with Crippen LogP contribution < -0.4 is 20.5 Å². The number of aromatic hydroxyl groups is 1. The monoisotopic (exact) mass is 547 g/mol. The summed E-state index contributed by atoms with van der Waals surface area (Å²) in [6, 6.07) is 22.3. The van der Waals surface area contributed by atoms with Crippen molar-refractivity contribution < 1.29 is 27.8 Å². The van der Waals surface area contributed by atoms with E-state index in [0.717, 1.165) is 17.7 Å². The Bertz CT molecular complexity index is 1720. The molecule has 0 bridgehead atoms. The maximum Gasteiger partial charge on any atom is 0.573 e. The minimum absolute atomic E-state index is 0.0923. The highest BCUT2D eigenvalue weighted by Crippen LogP contribution is 2.25. The summed E-state index contributed by atoms with van der Waals surface area (Å²) in [5.74, 6) is -0.236. The largest absolute Gasteiger partial charge is 0.573 e. The van der Waals surface area contributed by atoms with Gasteiger partial charge in [-0.15, -0.1) is 13.2 Å².